The zero-order valence-electron chi connectivity index (χ0n) is 13.0. The Morgan fingerprint density at radius 2 is 2.05 bits per heavy atom. The largest absolute Gasteiger partial charge is 0.351 e. The molecule has 0 aliphatic heterocycles. The third kappa shape index (κ3) is 5.51. The molecular formula is C16H25ClN2O. The summed E-state index contributed by atoms with van der Waals surface area (Å²) in [6, 6.07) is 6.26. The van der Waals surface area contributed by atoms with Gasteiger partial charge in [0.2, 0.25) is 5.91 Å². The molecule has 0 aromatic heterocycles. The molecule has 0 saturated heterocycles. The van der Waals surface area contributed by atoms with Gasteiger partial charge in [-0.1, -0.05) is 23.7 Å². The van der Waals surface area contributed by atoms with Crippen molar-refractivity contribution in [2.75, 3.05) is 0 Å². The van der Waals surface area contributed by atoms with E-state index in [2.05, 4.69) is 23.6 Å². The fourth-order valence-corrected chi connectivity index (χ4v) is 2.69. The molecule has 20 heavy (non-hydrogen) atoms. The van der Waals surface area contributed by atoms with E-state index in [4.69, 9.17) is 11.6 Å². The molecule has 0 radical (unpaired) electrons. The van der Waals surface area contributed by atoms with Crippen molar-refractivity contribution in [1.29, 1.82) is 0 Å². The van der Waals surface area contributed by atoms with Crippen LogP contribution in [0.15, 0.2) is 18.2 Å². The van der Waals surface area contributed by atoms with Crippen molar-refractivity contribution >= 4 is 17.5 Å². The Hall–Kier alpha value is -1.06. The van der Waals surface area contributed by atoms with E-state index in [9.17, 15) is 4.79 Å². The van der Waals surface area contributed by atoms with Gasteiger partial charge in [0.15, 0.2) is 0 Å². The first-order chi connectivity index (χ1) is 9.21. The van der Waals surface area contributed by atoms with Gasteiger partial charge in [0, 0.05) is 30.1 Å². The Kier molecular flexibility index (Phi) is 6.03. The molecule has 0 fully saturated rings. The summed E-state index contributed by atoms with van der Waals surface area (Å²) in [4.78, 5) is 11.2. The molecule has 3 nitrogen and oxygen atoms in total. The number of halogens is 1. The van der Waals surface area contributed by atoms with Crippen LogP contribution in [-0.4, -0.2) is 17.5 Å². The lowest BCUT2D eigenvalue weighted by atomic mass is 9.95. The summed E-state index contributed by atoms with van der Waals surface area (Å²) in [5.74, 6) is 0.00730. The first-order valence-electron chi connectivity index (χ1n) is 6.97. The molecule has 112 valence electrons. The number of amides is 1. The van der Waals surface area contributed by atoms with Gasteiger partial charge in [0.1, 0.15) is 0 Å². The SMILES string of the molecule is CC(=O)NC(C)(C)CC(C)NCc1cccc(Cl)c1C. The average molecular weight is 297 g/mol. The molecule has 1 aromatic carbocycles. The van der Waals surface area contributed by atoms with Crippen LogP contribution >= 0.6 is 11.6 Å². The molecule has 1 amide bonds. The first-order valence-corrected chi connectivity index (χ1v) is 7.35. The van der Waals surface area contributed by atoms with Crippen LogP contribution in [0.1, 0.15) is 45.2 Å². The fourth-order valence-electron chi connectivity index (χ4n) is 2.49. The zero-order chi connectivity index (χ0) is 15.3. The molecule has 0 aliphatic rings. The van der Waals surface area contributed by atoms with Crippen molar-refractivity contribution < 1.29 is 4.79 Å². The molecule has 4 heteroatoms. The van der Waals surface area contributed by atoms with E-state index in [0.29, 0.717) is 6.04 Å². The molecule has 0 aliphatic carbocycles. The van der Waals surface area contributed by atoms with E-state index >= 15 is 0 Å². The average Bonchev–Trinajstić information content (AvgIpc) is 2.28. The number of benzene rings is 1. The van der Waals surface area contributed by atoms with Crippen molar-refractivity contribution in [3.05, 3.63) is 34.3 Å². The van der Waals surface area contributed by atoms with E-state index in [1.54, 1.807) is 6.92 Å². The normalized spacial score (nSPS) is 13.1. The van der Waals surface area contributed by atoms with Gasteiger partial charge < -0.3 is 10.6 Å². The van der Waals surface area contributed by atoms with Crippen molar-refractivity contribution in [1.82, 2.24) is 10.6 Å². The number of carbonyl (C=O) groups is 1. The van der Waals surface area contributed by atoms with Gasteiger partial charge in [-0.25, -0.2) is 0 Å². The van der Waals surface area contributed by atoms with Gasteiger partial charge in [-0.15, -0.1) is 0 Å². The minimum Gasteiger partial charge on any atom is -0.351 e. The molecule has 1 aromatic rings. The van der Waals surface area contributed by atoms with Crippen LogP contribution in [-0.2, 0) is 11.3 Å². The van der Waals surface area contributed by atoms with Crippen LogP contribution < -0.4 is 10.6 Å². The van der Waals surface area contributed by atoms with E-state index < -0.39 is 0 Å². The summed E-state index contributed by atoms with van der Waals surface area (Å²) in [5, 5.41) is 7.26. The maximum Gasteiger partial charge on any atom is 0.217 e. The number of carbonyl (C=O) groups excluding carboxylic acids is 1. The highest BCUT2D eigenvalue weighted by Gasteiger charge is 2.21. The standard InChI is InChI=1S/C16H25ClN2O/c1-11(9-16(4,5)19-13(3)20)18-10-14-7-6-8-15(17)12(14)2/h6-8,11,18H,9-10H2,1-5H3,(H,19,20). The third-order valence-electron chi connectivity index (χ3n) is 3.35. The second-order valence-electron chi connectivity index (χ2n) is 6.08. The van der Waals surface area contributed by atoms with Crippen LogP contribution in [0, 0.1) is 6.92 Å². The summed E-state index contributed by atoms with van der Waals surface area (Å²) in [6.45, 7) is 10.6. The highest BCUT2D eigenvalue weighted by Crippen LogP contribution is 2.19. The smallest absolute Gasteiger partial charge is 0.217 e. The second-order valence-corrected chi connectivity index (χ2v) is 6.48. The minimum absolute atomic E-state index is 0.00730. The van der Waals surface area contributed by atoms with E-state index in [0.717, 1.165) is 23.6 Å². The van der Waals surface area contributed by atoms with Crippen LogP contribution in [0.2, 0.25) is 5.02 Å². The fraction of sp³-hybridized carbons (Fsp3) is 0.562. The van der Waals surface area contributed by atoms with E-state index in [-0.39, 0.29) is 11.4 Å². The van der Waals surface area contributed by atoms with Crippen LogP contribution in [0.3, 0.4) is 0 Å². The quantitative estimate of drug-likeness (QED) is 0.844. The first kappa shape index (κ1) is 17.0. The molecular weight excluding hydrogens is 272 g/mol. The van der Waals surface area contributed by atoms with Gasteiger partial charge >= 0.3 is 0 Å². The Morgan fingerprint density at radius 3 is 2.65 bits per heavy atom. The summed E-state index contributed by atoms with van der Waals surface area (Å²) in [6.07, 6.45) is 0.867. The minimum atomic E-state index is -0.207. The third-order valence-corrected chi connectivity index (χ3v) is 3.76. The van der Waals surface area contributed by atoms with Crippen LogP contribution in [0.25, 0.3) is 0 Å². The monoisotopic (exact) mass is 296 g/mol. The van der Waals surface area contributed by atoms with Crippen LogP contribution in [0.5, 0.6) is 0 Å². The van der Waals surface area contributed by atoms with Crippen LogP contribution in [0.4, 0.5) is 0 Å². The number of hydrogen-bond acceptors (Lipinski definition) is 2. The predicted molar refractivity (Wildman–Crippen MR) is 85.0 cm³/mol. The number of rotatable bonds is 6. The molecule has 2 N–H and O–H groups in total. The number of hydrogen-bond donors (Lipinski definition) is 2. The van der Waals surface area contributed by atoms with Gasteiger partial charge in [0.25, 0.3) is 0 Å². The van der Waals surface area contributed by atoms with E-state index in [1.165, 1.54) is 5.56 Å². The van der Waals surface area contributed by atoms with Gasteiger partial charge in [-0.3, -0.25) is 4.79 Å². The summed E-state index contributed by atoms with van der Waals surface area (Å²) < 4.78 is 0. The molecule has 0 saturated carbocycles. The Bertz CT molecular complexity index is 472. The Morgan fingerprint density at radius 1 is 1.40 bits per heavy atom. The van der Waals surface area contributed by atoms with E-state index in [1.807, 2.05) is 32.9 Å². The lowest BCUT2D eigenvalue weighted by Gasteiger charge is -2.29. The topological polar surface area (TPSA) is 41.1 Å². The summed E-state index contributed by atoms with van der Waals surface area (Å²) >= 11 is 6.12. The van der Waals surface area contributed by atoms with Crippen molar-refractivity contribution in [3.63, 3.8) is 0 Å². The summed E-state index contributed by atoms with van der Waals surface area (Å²) in [5.41, 5.74) is 2.12. The molecule has 0 bridgehead atoms. The lowest BCUT2D eigenvalue weighted by molar-refractivity contribution is -0.120. The van der Waals surface area contributed by atoms with Crippen molar-refractivity contribution in [2.24, 2.45) is 0 Å². The molecule has 0 heterocycles. The number of nitrogens with one attached hydrogen (secondary N) is 2. The second kappa shape index (κ2) is 7.09. The highest BCUT2D eigenvalue weighted by atomic mass is 35.5. The van der Waals surface area contributed by atoms with Crippen molar-refractivity contribution in [2.45, 2.75) is 59.2 Å². The highest BCUT2D eigenvalue weighted by molar-refractivity contribution is 6.31. The Labute approximate surface area is 127 Å². The maximum atomic E-state index is 11.2. The molecule has 1 atom stereocenters. The predicted octanol–water partition coefficient (Wildman–Crippen LogP) is 3.43. The molecule has 1 unspecified atom stereocenters. The van der Waals surface area contributed by atoms with Gasteiger partial charge in [0.05, 0.1) is 0 Å². The van der Waals surface area contributed by atoms with Gasteiger partial charge in [-0.2, -0.15) is 0 Å². The molecule has 0 spiro atoms. The maximum absolute atomic E-state index is 11.2. The zero-order valence-corrected chi connectivity index (χ0v) is 13.8. The lowest BCUT2D eigenvalue weighted by Crippen LogP contribution is -2.46. The Balaban J connectivity index is 2.53. The molecule has 1 rings (SSSR count). The summed E-state index contributed by atoms with van der Waals surface area (Å²) in [7, 11) is 0. The van der Waals surface area contributed by atoms with Crippen molar-refractivity contribution in [3.8, 4) is 0 Å². The van der Waals surface area contributed by atoms with Gasteiger partial charge in [-0.05, 0) is 51.3 Å².